The van der Waals surface area contributed by atoms with E-state index in [1.807, 2.05) is 62.3 Å². The summed E-state index contributed by atoms with van der Waals surface area (Å²) in [7, 11) is 5.60. The second-order valence-corrected chi connectivity index (χ2v) is 9.03. The fourth-order valence-corrected chi connectivity index (χ4v) is 4.63. The van der Waals surface area contributed by atoms with Gasteiger partial charge < -0.3 is 23.9 Å². The molecule has 1 aliphatic carbocycles. The number of aryl methyl sites for hydroxylation is 2. The van der Waals surface area contributed by atoms with E-state index in [1.165, 1.54) is 5.56 Å². The third-order valence-electron chi connectivity index (χ3n) is 6.64. The van der Waals surface area contributed by atoms with Gasteiger partial charge in [0.15, 0.2) is 0 Å². The molecule has 3 aromatic rings. The predicted molar refractivity (Wildman–Crippen MR) is 131 cm³/mol. The number of hydrogen-bond acceptors (Lipinski definition) is 6. The Morgan fingerprint density at radius 1 is 1.26 bits per heavy atom. The minimum absolute atomic E-state index is 0.0729. The van der Waals surface area contributed by atoms with E-state index in [1.54, 1.807) is 14.0 Å². The third-order valence-corrected chi connectivity index (χ3v) is 6.64. The van der Waals surface area contributed by atoms with Crippen LogP contribution in [0.15, 0.2) is 40.8 Å². The Hall–Kier alpha value is -3.48. The summed E-state index contributed by atoms with van der Waals surface area (Å²) in [6, 6.07) is 11.9. The maximum atomic E-state index is 11.4. The normalized spacial score (nSPS) is 15.6. The molecule has 0 aliphatic heterocycles. The molecule has 0 radical (unpaired) electrons. The molecule has 2 aromatic carbocycles. The van der Waals surface area contributed by atoms with Gasteiger partial charge in [0.2, 0.25) is 5.89 Å². The zero-order valence-corrected chi connectivity index (χ0v) is 20.4. The van der Waals surface area contributed by atoms with E-state index in [2.05, 4.69) is 0 Å². The molecule has 2 atom stereocenters. The van der Waals surface area contributed by atoms with Crippen LogP contribution in [-0.2, 0) is 17.6 Å². The van der Waals surface area contributed by atoms with Crippen molar-refractivity contribution in [3.63, 3.8) is 0 Å². The molecule has 1 aromatic heterocycles. The van der Waals surface area contributed by atoms with Crippen LogP contribution in [0.25, 0.3) is 11.5 Å². The summed E-state index contributed by atoms with van der Waals surface area (Å²) in [5.74, 6) is 1.90. The van der Waals surface area contributed by atoms with Gasteiger partial charge >= 0.3 is 5.97 Å². The van der Waals surface area contributed by atoms with E-state index in [4.69, 9.17) is 18.9 Å². The number of hydrogen-bond donors (Lipinski definition) is 1. The number of aliphatic carboxylic acids is 1. The fourth-order valence-electron chi connectivity index (χ4n) is 4.63. The molecule has 0 amide bonds. The zero-order valence-electron chi connectivity index (χ0n) is 20.4. The molecule has 7 heteroatoms. The van der Waals surface area contributed by atoms with Crippen LogP contribution in [0, 0.1) is 12.8 Å². The van der Waals surface area contributed by atoms with E-state index in [9.17, 15) is 9.90 Å². The molecule has 0 spiro atoms. The van der Waals surface area contributed by atoms with Gasteiger partial charge in [-0.15, -0.1) is 0 Å². The summed E-state index contributed by atoms with van der Waals surface area (Å²) in [4.78, 5) is 18.1. The predicted octanol–water partition coefficient (Wildman–Crippen LogP) is 5.10. The summed E-state index contributed by atoms with van der Waals surface area (Å²) in [5, 5.41) is 9.36. The van der Waals surface area contributed by atoms with Crippen LogP contribution in [0.2, 0.25) is 0 Å². The summed E-state index contributed by atoms with van der Waals surface area (Å²) in [5.41, 5.74) is 5.04. The van der Waals surface area contributed by atoms with Gasteiger partial charge in [0.1, 0.15) is 17.3 Å². The molecule has 4 rings (SSSR count). The molecule has 0 saturated carbocycles. The fraction of sp³-hybridized carbons (Fsp3) is 0.407. The number of carbonyl (C=O) groups is 1. The number of nitrogens with zero attached hydrogens (tertiary/aromatic N) is 2. The van der Waals surface area contributed by atoms with Crippen molar-refractivity contribution in [1.29, 1.82) is 0 Å². The van der Waals surface area contributed by atoms with Gasteiger partial charge in [0, 0.05) is 26.1 Å². The van der Waals surface area contributed by atoms with Crippen molar-refractivity contribution in [3.8, 4) is 23.0 Å². The SMILES string of the molecule is COc1ccc(-c2nc(CCOc3ccc4c(c3)CC[C@H]4[C@H](C)C(=O)O)c(C)o2)cc1N(C)C. The van der Waals surface area contributed by atoms with Crippen molar-refractivity contribution in [2.75, 3.05) is 32.7 Å². The highest BCUT2D eigenvalue weighted by Crippen LogP contribution is 2.40. The van der Waals surface area contributed by atoms with Crippen LogP contribution in [0.1, 0.15) is 41.8 Å². The van der Waals surface area contributed by atoms with Crippen molar-refractivity contribution in [2.24, 2.45) is 5.92 Å². The molecule has 1 aliphatic rings. The van der Waals surface area contributed by atoms with Crippen molar-refractivity contribution in [2.45, 2.75) is 39.0 Å². The Balaban J connectivity index is 1.41. The van der Waals surface area contributed by atoms with Crippen molar-refractivity contribution < 1.29 is 23.8 Å². The lowest BCUT2D eigenvalue weighted by Crippen LogP contribution is -2.17. The average molecular weight is 465 g/mol. The largest absolute Gasteiger partial charge is 0.495 e. The minimum atomic E-state index is -0.742. The van der Waals surface area contributed by atoms with E-state index in [0.29, 0.717) is 18.9 Å². The lowest BCUT2D eigenvalue weighted by atomic mass is 9.89. The van der Waals surface area contributed by atoms with Crippen molar-refractivity contribution in [1.82, 2.24) is 4.98 Å². The number of anilines is 1. The molecular weight excluding hydrogens is 432 g/mol. The van der Waals surface area contributed by atoms with Crippen molar-refractivity contribution >= 4 is 11.7 Å². The maximum Gasteiger partial charge on any atom is 0.306 e. The highest BCUT2D eigenvalue weighted by molar-refractivity contribution is 5.71. The van der Waals surface area contributed by atoms with Crippen LogP contribution in [0.4, 0.5) is 5.69 Å². The Kier molecular flexibility index (Phi) is 6.82. The highest BCUT2D eigenvalue weighted by Gasteiger charge is 2.31. The van der Waals surface area contributed by atoms with Gasteiger partial charge in [-0.3, -0.25) is 4.79 Å². The van der Waals surface area contributed by atoms with Crippen LogP contribution in [0.3, 0.4) is 0 Å². The first kappa shape index (κ1) is 23.7. The topological polar surface area (TPSA) is 85.0 Å². The lowest BCUT2D eigenvalue weighted by Gasteiger charge is -2.17. The monoisotopic (exact) mass is 464 g/mol. The molecule has 0 bridgehead atoms. The number of methoxy groups -OCH3 is 1. The Bertz CT molecular complexity index is 1180. The molecule has 1 heterocycles. The van der Waals surface area contributed by atoms with E-state index >= 15 is 0 Å². The average Bonchev–Trinajstić information content (AvgIpc) is 3.41. The first-order valence-electron chi connectivity index (χ1n) is 11.6. The maximum absolute atomic E-state index is 11.4. The number of rotatable bonds is 9. The molecular formula is C27H32N2O5. The number of carboxylic acids is 1. The minimum Gasteiger partial charge on any atom is -0.495 e. The summed E-state index contributed by atoms with van der Waals surface area (Å²) in [6.45, 7) is 4.18. The zero-order chi connectivity index (χ0) is 24.4. The second-order valence-electron chi connectivity index (χ2n) is 9.03. The third kappa shape index (κ3) is 4.74. The van der Waals surface area contributed by atoms with Gasteiger partial charge in [-0.05, 0) is 67.1 Å². The molecule has 180 valence electrons. The molecule has 1 N–H and O–H groups in total. The van der Waals surface area contributed by atoms with Gasteiger partial charge in [-0.1, -0.05) is 13.0 Å². The first-order chi connectivity index (χ1) is 16.3. The van der Waals surface area contributed by atoms with E-state index < -0.39 is 5.97 Å². The standard InChI is InChI=1S/C27H32N2O5/c1-16(27(30)31)21-9-6-18-14-20(8-10-22(18)21)33-13-12-23-17(2)34-26(28-23)19-7-11-25(32-5)24(15-19)29(3)4/h7-8,10-11,14-16,21H,6,9,12-13H2,1-5H3,(H,30,31)/t16-,21-/m0/s1. The van der Waals surface area contributed by atoms with Gasteiger partial charge in [0.05, 0.1) is 31.0 Å². The number of benzene rings is 2. The van der Waals surface area contributed by atoms with E-state index in [0.717, 1.165) is 52.6 Å². The van der Waals surface area contributed by atoms with Crippen LogP contribution in [-0.4, -0.2) is 43.9 Å². The van der Waals surface area contributed by atoms with Gasteiger partial charge in [-0.2, -0.15) is 0 Å². The quantitative estimate of drug-likeness (QED) is 0.472. The number of carboxylic acid groups (broad SMARTS) is 1. The smallest absolute Gasteiger partial charge is 0.306 e. The number of ether oxygens (including phenoxy) is 2. The highest BCUT2D eigenvalue weighted by atomic mass is 16.5. The molecule has 0 saturated heterocycles. The number of aromatic nitrogens is 1. The van der Waals surface area contributed by atoms with Gasteiger partial charge in [-0.25, -0.2) is 4.98 Å². The summed E-state index contributed by atoms with van der Waals surface area (Å²) in [6.07, 6.45) is 2.38. The van der Waals surface area contributed by atoms with Crippen LogP contribution >= 0.6 is 0 Å². The van der Waals surface area contributed by atoms with Gasteiger partial charge in [0.25, 0.3) is 0 Å². The lowest BCUT2D eigenvalue weighted by molar-refractivity contribution is -0.141. The van der Waals surface area contributed by atoms with Crippen LogP contribution < -0.4 is 14.4 Å². The van der Waals surface area contributed by atoms with Crippen molar-refractivity contribution in [3.05, 3.63) is 59.0 Å². The molecule has 0 unspecified atom stereocenters. The molecule has 7 nitrogen and oxygen atoms in total. The Labute approximate surface area is 200 Å². The molecule has 0 fully saturated rings. The van der Waals surface area contributed by atoms with E-state index in [-0.39, 0.29) is 11.8 Å². The Morgan fingerprint density at radius 3 is 2.76 bits per heavy atom. The summed E-state index contributed by atoms with van der Waals surface area (Å²) >= 11 is 0. The first-order valence-corrected chi connectivity index (χ1v) is 11.6. The van der Waals surface area contributed by atoms with Crippen LogP contribution in [0.5, 0.6) is 11.5 Å². The summed E-state index contributed by atoms with van der Waals surface area (Å²) < 4.78 is 17.4. The molecule has 34 heavy (non-hydrogen) atoms. The Morgan fingerprint density at radius 2 is 2.06 bits per heavy atom. The number of fused-ring (bicyclic) bond motifs is 1. The second kappa shape index (κ2) is 9.79. The number of oxazole rings is 1.